The highest BCUT2D eigenvalue weighted by atomic mass is 32.2. The fourth-order valence-corrected chi connectivity index (χ4v) is 4.17. The molecule has 7 nitrogen and oxygen atoms in total. The van der Waals surface area contributed by atoms with Crippen LogP contribution in [0.2, 0.25) is 0 Å². The molecule has 0 aliphatic carbocycles. The van der Waals surface area contributed by atoms with E-state index in [1.807, 2.05) is 49.3 Å². The predicted octanol–water partition coefficient (Wildman–Crippen LogP) is 1.69. The number of nitrogens with one attached hydrogen (secondary N) is 1. The Morgan fingerprint density at radius 3 is 2.83 bits per heavy atom. The highest BCUT2D eigenvalue weighted by Gasteiger charge is 2.28. The summed E-state index contributed by atoms with van der Waals surface area (Å²) in [6.45, 7) is 1.08. The molecule has 24 heavy (non-hydrogen) atoms. The van der Waals surface area contributed by atoms with E-state index in [0.29, 0.717) is 25.5 Å². The Morgan fingerprint density at radius 2 is 2.12 bits per heavy atom. The van der Waals surface area contributed by atoms with E-state index in [1.54, 1.807) is 6.20 Å². The minimum atomic E-state index is -3.16. The first-order valence-corrected chi connectivity index (χ1v) is 9.40. The van der Waals surface area contributed by atoms with Gasteiger partial charge >= 0.3 is 0 Å². The molecule has 8 heteroatoms. The summed E-state index contributed by atoms with van der Waals surface area (Å²) in [6, 6.07) is 9.39. The molecule has 1 aliphatic heterocycles. The van der Waals surface area contributed by atoms with E-state index in [-0.39, 0.29) is 5.75 Å². The standard InChI is InChI=1S/C16H21N5O2S/c1-20(2)15-7-8-17-16(19-15)18-12-13-5-3-6-14(11-13)21-9-4-10-24(21,22)23/h3,5-8,11H,4,9-10,12H2,1-2H3,(H,17,18,19). The van der Waals surface area contributed by atoms with Crippen LogP contribution in [0.25, 0.3) is 0 Å². The van der Waals surface area contributed by atoms with Gasteiger partial charge in [0.25, 0.3) is 0 Å². The molecule has 0 unspecified atom stereocenters. The smallest absolute Gasteiger partial charge is 0.235 e. The molecule has 0 radical (unpaired) electrons. The minimum absolute atomic E-state index is 0.223. The lowest BCUT2D eigenvalue weighted by atomic mass is 10.2. The zero-order valence-corrected chi connectivity index (χ0v) is 14.6. The number of rotatable bonds is 5. The van der Waals surface area contributed by atoms with Crippen LogP contribution in [-0.4, -0.2) is 44.8 Å². The van der Waals surface area contributed by atoms with Crippen molar-refractivity contribution >= 4 is 27.5 Å². The summed E-state index contributed by atoms with van der Waals surface area (Å²) in [6.07, 6.45) is 2.38. The van der Waals surface area contributed by atoms with Crippen LogP contribution in [0, 0.1) is 0 Å². The number of anilines is 3. The van der Waals surface area contributed by atoms with Gasteiger partial charge in [-0.05, 0) is 30.2 Å². The minimum Gasteiger partial charge on any atom is -0.363 e. The number of aromatic nitrogens is 2. The molecular weight excluding hydrogens is 326 g/mol. The zero-order valence-electron chi connectivity index (χ0n) is 13.8. The second-order valence-corrected chi connectivity index (χ2v) is 7.91. The molecule has 1 saturated heterocycles. The third kappa shape index (κ3) is 3.59. The van der Waals surface area contributed by atoms with Crippen LogP contribution in [0.4, 0.5) is 17.5 Å². The zero-order chi connectivity index (χ0) is 17.2. The molecule has 2 heterocycles. The molecule has 1 N–H and O–H groups in total. The Morgan fingerprint density at radius 1 is 1.29 bits per heavy atom. The van der Waals surface area contributed by atoms with E-state index in [9.17, 15) is 8.42 Å². The van der Waals surface area contributed by atoms with Gasteiger partial charge in [-0.25, -0.2) is 13.4 Å². The van der Waals surface area contributed by atoms with Crippen LogP contribution in [0.3, 0.4) is 0 Å². The van der Waals surface area contributed by atoms with Crippen LogP contribution < -0.4 is 14.5 Å². The van der Waals surface area contributed by atoms with Crippen LogP contribution in [0.5, 0.6) is 0 Å². The van der Waals surface area contributed by atoms with Crippen molar-refractivity contribution < 1.29 is 8.42 Å². The van der Waals surface area contributed by atoms with Crippen molar-refractivity contribution in [2.75, 3.05) is 40.9 Å². The van der Waals surface area contributed by atoms with Crippen LogP contribution in [-0.2, 0) is 16.6 Å². The Balaban J connectivity index is 1.72. The maximum absolute atomic E-state index is 12.0. The summed E-state index contributed by atoms with van der Waals surface area (Å²) >= 11 is 0. The summed E-state index contributed by atoms with van der Waals surface area (Å²) in [5, 5.41) is 3.18. The SMILES string of the molecule is CN(C)c1ccnc(NCc2cccc(N3CCCS3(=O)=O)c2)n1. The maximum atomic E-state index is 12.0. The van der Waals surface area contributed by atoms with Gasteiger partial charge in [0.2, 0.25) is 16.0 Å². The summed E-state index contributed by atoms with van der Waals surface area (Å²) < 4.78 is 25.6. The van der Waals surface area contributed by atoms with Crippen LogP contribution in [0.1, 0.15) is 12.0 Å². The molecule has 0 amide bonds. The molecule has 3 rings (SSSR count). The molecule has 128 valence electrons. The maximum Gasteiger partial charge on any atom is 0.235 e. The second kappa shape index (κ2) is 6.64. The number of sulfonamides is 1. The van der Waals surface area contributed by atoms with Gasteiger partial charge in [0.1, 0.15) is 5.82 Å². The number of hydrogen-bond donors (Lipinski definition) is 1. The monoisotopic (exact) mass is 347 g/mol. The Labute approximate surface area is 142 Å². The summed E-state index contributed by atoms with van der Waals surface area (Å²) in [5.41, 5.74) is 1.70. The molecular formula is C16H21N5O2S. The normalized spacial score (nSPS) is 16.2. The fraction of sp³-hybridized carbons (Fsp3) is 0.375. The molecule has 2 aromatic rings. The highest BCUT2D eigenvalue weighted by Crippen LogP contribution is 2.25. The molecule has 1 aliphatic rings. The number of nitrogens with zero attached hydrogens (tertiary/aromatic N) is 4. The molecule has 0 spiro atoms. The van der Waals surface area contributed by atoms with Gasteiger partial charge in [0.15, 0.2) is 0 Å². The van der Waals surface area contributed by atoms with Crippen molar-refractivity contribution in [3.63, 3.8) is 0 Å². The lowest BCUT2D eigenvalue weighted by Gasteiger charge is -2.18. The third-order valence-electron chi connectivity index (χ3n) is 3.85. The van der Waals surface area contributed by atoms with Crippen molar-refractivity contribution in [3.8, 4) is 0 Å². The van der Waals surface area contributed by atoms with Crippen molar-refractivity contribution in [2.45, 2.75) is 13.0 Å². The van der Waals surface area contributed by atoms with Gasteiger partial charge in [0.05, 0.1) is 11.4 Å². The van der Waals surface area contributed by atoms with Gasteiger partial charge < -0.3 is 10.2 Å². The van der Waals surface area contributed by atoms with E-state index in [0.717, 1.165) is 17.1 Å². The largest absolute Gasteiger partial charge is 0.363 e. The van der Waals surface area contributed by atoms with Crippen molar-refractivity contribution in [3.05, 3.63) is 42.1 Å². The Hall–Kier alpha value is -2.35. The van der Waals surface area contributed by atoms with Gasteiger partial charge in [-0.15, -0.1) is 0 Å². The van der Waals surface area contributed by atoms with Crippen molar-refractivity contribution in [2.24, 2.45) is 0 Å². The lowest BCUT2D eigenvalue weighted by molar-refractivity contribution is 0.599. The Bertz CT molecular complexity index is 823. The molecule has 0 atom stereocenters. The van der Waals surface area contributed by atoms with E-state index in [1.165, 1.54) is 4.31 Å². The first kappa shape index (κ1) is 16.5. The number of benzene rings is 1. The van der Waals surface area contributed by atoms with Crippen molar-refractivity contribution in [1.29, 1.82) is 0 Å². The summed E-state index contributed by atoms with van der Waals surface area (Å²) in [5.74, 6) is 1.59. The molecule has 1 aromatic carbocycles. The first-order chi connectivity index (χ1) is 11.5. The summed E-state index contributed by atoms with van der Waals surface area (Å²) in [7, 11) is 0.689. The van der Waals surface area contributed by atoms with E-state index in [2.05, 4.69) is 15.3 Å². The average molecular weight is 347 g/mol. The molecule has 0 bridgehead atoms. The summed E-state index contributed by atoms with van der Waals surface area (Å²) in [4.78, 5) is 10.5. The van der Waals surface area contributed by atoms with Gasteiger partial charge in [-0.1, -0.05) is 12.1 Å². The fourth-order valence-electron chi connectivity index (χ4n) is 2.62. The quantitative estimate of drug-likeness (QED) is 0.887. The van der Waals surface area contributed by atoms with Gasteiger partial charge in [-0.2, -0.15) is 4.98 Å². The van der Waals surface area contributed by atoms with Crippen LogP contribution in [0.15, 0.2) is 36.5 Å². The van der Waals surface area contributed by atoms with Gasteiger partial charge in [0, 0.05) is 33.4 Å². The molecule has 1 aromatic heterocycles. The van der Waals surface area contributed by atoms with Crippen molar-refractivity contribution in [1.82, 2.24) is 9.97 Å². The van der Waals surface area contributed by atoms with E-state index in [4.69, 9.17) is 0 Å². The Kier molecular flexibility index (Phi) is 4.57. The predicted molar refractivity (Wildman–Crippen MR) is 95.9 cm³/mol. The van der Waals surface area contributed by atoms with E-state index < -0.39 is 10.0 Å². The first-order valence-electron chi connectivity index (χ1n) is 7.79. The average Bonchev–Trinajstić information content (AvgIpc) is 2.93. The second-order valence-electron chi connectivity index (χ2n) is 5.90. The lowest BCUT2D eigenvalue weighted by Crippen LogP contribution is -2.25. The third-order valence-corrected chi connectivity index (χ3v) is 5.72. The van der Waals surface area contributed by atoms with E-state index >= 15 is 0 Å². The van der Waals surface area contributed by atoms with Crippen LogP contribution >= 0.6 is 0 Å². The van der Waals surface area contributed by atoms with Gasteiger partial charge in [-0.3, -0.25) is 4.31 Å². The number of hydrogen-bond acceptors (Lipinski definition) is 6. The topological polar surface area (TPSA) is 78.4 Å². The molecule has 0 saturated carbocycles. The highest BCUT2D eigenvalue weighted by molar-refractivity contribution is 7.93. The molecule has 1 fully saturated rings.